The monoisotopic (exact) mass is 278 g/mol. The van der Waals surface area contributed by atoms with Crippen LogP contribution in [0.4, 0.5) is 17.1 Å². The van der Waals surface area contributed by atoms with Gasteiger partial charge in [-0.2, -0.15) is 5.26 Å². The molecule has 0 saturated heterocycles. The van der Waals surface area contributed by atoms with Crippen molar-refractivity contribution in [2.75, 3.05) is 44.1 Å². The van der Waals surface area contributed by atoms with Crippen LogP contribution < -0.4 is 10.2 Å². The number of hydrogen-bond donors (Lipinski definition) is 1. The molecule has 0 aromatic heterocycles. The van der Waals surface area contributed by atoms with E-state index in [4.69, 9.17) is 10.00 Å². The summed E-state index contributed by atoms with van der Waals surface area (Å²) in [5.41, 5.74) is 0.963. The number of anilines is 2. The van der Waals surface area contributed by atoms with Crippen LogP contribution in [0.3, 0.4) is 0 Å². The Labute approximate surface area is 117 Å². The van der Waals surface area contributed by atoms with Crippen LogP contribution in [0.1, 0.15) is 6.42 Å². The first kappa shape index (κ1) is 15.7. The molecule has 0 spiro atoms. The van der Waals surface area contributed by atoms with Gasteiger partial charge < -0.3 is 15.0 Å². The molecule has 0 atom stereocenters. The molecule has 0 saturated carbocycles. The molecule has 0 aliphatic heterocycles. The van der Waals surface area contributed by atoms with Crippen molar-refractivity contribution in [1.82, 2.24) is 0 Å². The lowest BCUT2D eigenvalue weighted by Gasteiger charge is -2.23. The van der Waals surface area contributed by atoms with Gasteiger partial charge in [-0.25, -0.2) is 0 Å². The number of para-hydroxylation sites is 1. The largest absolute Gasteiger partial charge is 0.383 e. The third-order valence-corrected chi connectivity index (χ3v) is 2.87. The van der Waals surface area contributed by atoms with Gasteiger partial charge in [-0.1, -0.05) is 6.07 Å². The van der Waals surface area contributed by atoms with Gasteiger partial charge >= 0.3 is 5.69 Å². The molecule has 0 heterocycles. The van der Waals surface area contributed by atoms with Crippen molar-refractivity contribution < 1.29 is 9.66 Å². The second kappa shape index (κ2) is 7.96. The molecule has 1 N–H and O–H groups in total. The van der Waals surface area contributed by atoms with Crippen molar-refractivity contribution in [2.45, 2.75) is 6.42 Å². The Kier molecular flexibility index (Phi) is 6.26. The Morgan fingerprint density at radius 3 is 2.80 bits per heavy atom. The predicted molar refractivity (Wildman–Crippen MR) is 77.0 cm³/mol. The lowest BCUT2D eigenvalue weighted by Crippen LogP contribution is -2.29. The van der Waals surface area contributed by atoms with Crippen LogP contribution in [-0.2, 0) is 4.74 Å². The zero-order chi connectivity index (χ0) is 15.0. The van der Waals surface area contributed by atoms with Gasteiger partial charge in [0.2, 0.25) is 0 Å². The molecule has 0 radical (unpaired) electrons. The fourth-order valence-corrected chi connectivity index (χ4v) is 1.92. The molecule has 1 rings (SSSR count). The Morgan fingerprint density at radius 1 is 1.50 bits per heavy atom. The summed E-state index contributed by atoms with van der Waals surface area (Å²) in [6, 6.07) is 7.14. The summed E-state index contributed by atoms with van der Waals surface area (Å²) in [5, 5.41) is 22.8. The highest BCUT2D eigenvalue weighted by Gasteiger charge is 2.23. The maximum atomic E-state index is 11.3. The summed E-state index contributed by atoms with van der Waals surface area (Å²) in [7, 11) is 3.21. The molecule has 1 aromatic rings. The topological polar surface area (TPSA) is 91.4 Å². The number of nitro groups is 1. The summed E-state index contributed by atoms with van der Waals surface area (Å²) in [4.78, 5) is 12.7. The standard InChI is InChI=1S/C13H18N4O3/c1-15-11-5-3-6-12(13(11)17(18)19)16(8-4-7-14)9-10-20-2/h3,5-6,15H,4,8-10H2,1-2H3. The van der Waals surface area contributed by atoms with Crippen molar-refractivity contribution >= 4 is 17.1 Å². The Balaban J connectivity index is 3.17. The minimum atomic E-state index is -0.409. The molecule has 20 heavy (non-hydrogen) atoms. The van der Waals surface area contributed by atoms with Gasteiger partial charge in [0.1, 0.15) is 11.4 Å². The number of ether oxygens (including phenoxy) is 1. The van der Waals surface area contributed by atoms with Crippen LogP contribution in [0.5, 0.6) is 0 Å². The zero-order valence-electron chi connectivity index (χ0n) is 11.6. The van der Waals surface area contributed by atoms with E-state index in [1.165, 1.54) is 0 Å². The third kappa shape index (κ3) is 3.83. The highest BCUT2D eigenvalue weighted by molar-refractivity contribution is 5.76. The molecule has 1 aromatic carbocycles. The molecule has 108 valence electrons. The van der Waals surface area contributed by atoms with E-state index >= 15 is 0 Å². The van der Waals surface area contributed by atoms with Gasteiger partial charge in [0.05, 0.1) is 24.0 Å². The first-order valence-corrected chi connectivity index (χ1v) is 6.21. The fourth-order valence-electron chi connectivity index (χ4n) is 1.92. The van der Waals surface area contributed by atoms with E-state index in [1.54, 1.807) is 37.3 Å². The second-order valence-electron chi connectivity index (χ2n) is 4.07. The van der Waals surface area contributed by atoms with E-state index in [2.05, 4.69) is 11.4 Å². The van der Waals surface area contributed by atoms with Gasteiger partial charge in [0.15, 0.2) is 0 Å². The number of nitrogens with zero attached hydrogens (tertiary/aromatic N) is 3. The van der Waals surface area contributed by atoms with Gasteiger partial charge in [0.25, 0.3) is 0 Å². The smallest absolute Gasteiger partial charge is 0.315 e. The number of nitrogens with one attached hydrogen (secondary N) is 1. The van der Waals surface area contributed by atoms with Crippen molar-refractivity contribution in [3.63, 3.8) is 0 Å². The van der Waals surface area contributed by atoms with E-state index in [-0.39, 0.29) is 5.69 Å². The van der Waals surface area contributed by atoms with Crippen LogP contribution in [0.15, 0.2) is 18.2 Å². The van der Waals surface area contributed by atoms with E-state index in [0.29, 0.717) is 37.5 Å². The average Bonchev–Trinajstić information content (AvgIpc) is 2.46. The van der Waals surface area contributed by atoms with Crippen LogP contribution in [0.2, 0.25) is 0 Å². The molecule has 0 unspecified atom stereocenters. The predicted octanol–water partition coefficient (Wildman–Crippen LogP) is 2.00. The quantitative estimate of drug-likeness (QED) is 0.577. The van der Waals surface area contributed by atoms with E-state index < -0.39 is 4.92 Å². The molecule has 0 aliphatic carbocycles. The van der Waals surface area contributed by atoms with Gasteiger partial charge in [-0.3, -0.25) is 10.1 Å². The Hall–Kier alpha value is -2.33. The van der Waals surface area contributed by atoms with Crippen molar-refractivity contribution in [3.05, 3.63) is 28.3 Å². The van der Waals surface area contributed by atoms with Crippen molar-refractivity contribution in [2.24, 2.45) is 0 Å². The van der Waals surface area contributed by atoms with E-state index in [9.17, 15) is 10.1 Å². The van der Waals surface area contributed by atoms with Crippen LogP contribution in [0.25, 0.3) is 0 Å². The number of nitriles is 1. The van der Waals surface area contributed by atoms with Crippen molar-refractivity contribution in [1.29, 1.82) is 5.26 Å². The summed E-state index contributed by atoms with van der Waals surface area (Å²) in [6.45, 7) is 1.35. The first-order valence-electron chi connectivity index (χ1n) is 6.21. The summed E-state index contributed by atoms with van der Waals surface area (Å²) >= 11 is 0. The van der Waals surface area contributed by atoms with Gasteiger partial charge in [0, 0.05) is 27.2 Å². The first-order chi connectivity index (χ1) is 9.65. The summed E-state index contributed by atoms with van der Waals surface area (Å²) < 4.78 is 5.02. The van der Waals surface area contributed by atoms with E-state index in [1.807, 2.05) is 0 Å². The fraction of sp³-hybridized carbons (Fsp3) is 0.462. The molecule has 0 aliphatic rings. The normalized spacial score (nSPS) is 9.85. The van der Waals surface area contributed by atoms with Crippen molar-refractivity contribution in [3.8, 4) is 6.07 Å². The molecular formula is C13H18N4O3. The lowest BCUT2D eigenvalue weighted by atomic mass is 10.2. The van der Waals surface area contributed by atoms with Crippen LogP contribution in [-0.4, -0.2) is 38.8 Å². The number of methoxy groups -OCH3 is 1. The molecule has 7 heteroatoms. The summed E-state index contributed by atoms with van der Waals surface area (Å²) in [5.74, 6) is 0. The zero-order valence-corrected chi connectivity index (χ0v) is 11.6. The Morgan fingerprint density at radius 2 is 2.25 bits per heavy atom. The Bertz CT molecular complexity index is 499. The molecule has 0 amide bonds. The molecule has 0 bridgehead atoms. The van der Waals surface area contributed by atoms with E-state index in [0.717, 1.165) is 0 Å². The number of hydrogen-bond acceptors (Lipinski definition) is 6. The number of nitro benzene ring substituents is 1. The second-order valence-corrected chi connectivity index (χ2v) is 4.07. The average molecular weight is 278 g/mol. The number of benzene rings is 1. The maximum absolute atomic E-state index is 11.3. The number of rotatable bonds is 8. The highest BCUT2D eigenvalue weighted by Crippen LogP contribution is 2.35. The molecule has 7 nitrogen and oxygen atoms in total. The third-order valence-electron chi connectivity index (χ3n) is 2.87. The molecular weight excluding hydrogens is 260 g/mol. The highest BCUT2D eigenvalue weighted by atomic mass is 16.6. The SMILES string of the molecule is CNc1cccc(N(CCC#N)CCOC)c1[N+](=O)[O-]. The van der Waals surface area contributed by atoms with Crippen LogP contribution in [0, 0.1) is 21.4 Å². The van der Waals surface area contributed by atoms with Crippen LogP contribution >= 0.6 is 0 Å². The minimum absolute atomic E-state index is 0.0176. The maximum Gasteiger partial charge on any atom is 0.315 e. The summed E-state index contributed by atoms with van der Waals surface area (Å²) in [6.07, 6.45) is 0.296. The molecule has 0 fully saturated rings. The lowest BCUT2D eigenvalue weighted by molar-refractivity contribution is -0.383. The van der Waals surface area contributed by atoms with Gasteiger partial charge in [-0.15, -0.1) is 0 Å². The minimum Gasteiger partial charge on any atom is -0.383 e. The van der Waals surface area contributed by atoms with Gasteiger partial charge in [-0.05, 0) is 12.1 Å².